The first-order valence-corrected chi connectivity index (χ1v) is 7.41. The summed E-state index contributed by atoms with van der Waals surface area (Å²) < 4.78 is 1.03. The molecule has 0 unspecified atom stereocenters. The van der Waals surface area contributed by atoms with Crippen molar-refractivity contribution in [2.24, 2.45) is 11.1 Å². The van der Waals surface area contributed by atoms with Crippen LogP contribution in [0.1, 0.15) is 26.7 Å². The molecule has 1 amide bonds. The second kappa shape index (κ2) is 6.73. The molecule has 0 heterocycles. The topological polar surface area (TPSA) is 55.1 Å². The van der Waals surface area contributed by atoms with Crippen molar-refractivity contribution in [3.63, 3.8) is 0 Å². The Morgan fingerprint density at radius 3 is 2.50 bits per heavy atom. The maximum Gasteiger partial charge on any atom is 0.231 e. The summed E-state index contributed by atoms with van der Waals surface area (Å²) in [4.78, 5) is 12.3. The normalized spacial score (nSPS) is 11.4. The lowest BCUT2D eigenvalue weighted by molar-refractivity contribution is -0.125. The van der Waals surface area contributed by atoms with E-state index >= 15 is 0 Å². The highest BCUT2D eigenvalue weighted by molar-refractivity contribution is 14.1. The van der Waals surface area contributed by atoms with Crippen LogP contribution in [0.2, 0.25) is 5.02 Å². The van der Waals surface area contributed by atoms with Crippen LogP contribution in [-0.2, 0) is 4.79 Å². The van der Waals surface area contributed by atoms with Gasteiger partial charge in [0.15, 0.2) is 0 Å². The largest absolute Gasteiger partial charge is 0.329 e. The Labute approximate surface area is 127 Å². The van der Waals surface area contributed by atoms with E-state index in [1.165, 1.54) is 0 Å². The van der Waals surface area contributed by atoms with Gasteiger partial charge in [-0.3, -0.25) is 4.79 Å². The molecular formula is C13H18ClIN2O. The maximum absolute atomic E-state index is 12.3. The molecule has 3 N–H and O–H groups in total. The molecule has 0 bridgehead atoms. The van der Waals surface area contributed by atoms with Crippen LogP contribution < -0.4 is 11.1 Å². The van der Waals surface area contributed by atoms with Gasteiger partial charge in [-0.15, -0.1) is 0 Å². The first-order chi connectivity index (χ1) is 8.49. The van der Waals surface area contributed by atoms with Crippen LogP contribution in [0.3, 0.4) is 0 Å². The summed E-state index contributed by atoms with van der Waals surface area (Å²) in [5, 5.41) is 3.43. The van der Waals surface area contributed by atoms with Gasteiger partial charge in [0.1, 0.15) is 0 Å². The first kappa shape index (κ1) is 15.7. The molecule has 0 saturated heterocycles. The predicted molar refractivity (Wildman–Crippen MR) is 84.9 cm³/mol. The number of hydrogen-bond donors (Lipinski definition) is 2. The van der Waals surface area contributed by atoms with Crippen molar-refractivity contribution in [2.75, 3.05) is 11.9 Å². The zero-order valence-electron chi connectivity index (χ0n) is 10.6. The molecule has 1 aromatic rings. The third-order valence-electron chi connectivity index (χ3n) is 3.41. The Morgan fingerprint density at radius 1 is 1.44 bits per heavy atom. The molecule has 1 rings (SSSR count). The Bertz CT molecular complexity index is 425. The quantitative estimate of drug-likeness (QED) is 0.766. The van der Waals surface area contributed by atoms with E-state index < -0.39 is 5.41 Å². The maximum atomic E-state index is 12.3. The van der Waals surface area contributed by atoms with E-state index in [-0.39, 0.29) is 5.91 Å². The number of anilines is 1. The minimum atomic E-state index is -0.508. The number of benzene rings is 1. The third-order valence-corrected chi connectivity index (χ3v) is 4.39. The summed E-state index contributed by atoms with van der Waals surface area (Å²) in [5.41, 5.74) is 5.88. The van der Waals surface area contributed by atoms with Crippen LogP contribution >= 0.6 is 34.2 Å². The molecule has 5 heteroatoms. The van der Waals surface area contributed by atoms with E-state index in [0.29, 0.717) is 30.1 Å². The molecule has 0 aliphatic heterocycles. The highest BCUT2D eigenvalue weighted by atomic mass is 127. The van der Waals surface area contributed by atoms with Crippen molar-refractivity contribution in [1.29, 1.82) is 0 Å². The van der Waals surface area contributed by atoms with E-state index in [1.54, 1.807) is 0 Å². The zero-order chi connectivity index (χ0) is 13.8. The van der Waals surface area contributed by atoms with Crippen molar-refractivity contribution in [1.82, 2.24) is 0 Å². The van der Waals surface area contributed by atoms with Crippen molar-refractivity contribution in [3.8, 4) is 0 Å². The van der Waals surface area contributed by atoms with E-state index in [0.717, 1.165) is 3.57 Å². The number of halogens is 2. The molecule has 0 aliphatic rings. The van der Waals surface area contributed by atoms with Crippen LogP contribution in [0.4, 0.5) is 5.69 Å². The van der Waals surface area contributed by atoms with Crippen molar-refractivity contribution in [3.05, 3.63) is 26.8 Å². The summed E-state index contributed by atoms with van der Waals surface area (Å²) in [6.07, 6.45) is 1.43. The highest BCUT2D eigenvalue weighted by Gasteiger charge is 2.33. The van der Waals surface area contributed by atoms with Gasteiger partial charge < -0.3 is 11.1 Å². The van der Waals surface area contributed by atoms with Gasteiger partial charge in [0, 0.05) is 10.1 Å². The minimum Gasteiger partial charge on any atom is -0.329 e. The van der Waals surface area contributed by atoms with Gasteiger partial charge >= 0.3 is 0 Å². The fourth-order valence-electron chi connectivity index (χ4n) is 1.80. The summed E-state index contributed by atoms with van der Waals surface area (Å²) in [6, 6.07) is 5.54. The Hall–Kier alpha value is -0.330. The molecular weight excluding hydrogens is 363 g/mol. The van der Waals surface area contributed by atoms with Crippen LogP contribution in [0.5, 0.6) is 0 Å². The van der Waals surface area contributed by atoms with E-state index in [4.69, 9.17) is 17.3 Å². The molecule has 0 fully saturated rings. The Kier molecular flexibility index (Phi) is 5.88. The fraction of sp³-hybridized carbons (Fsp3) is 0.462. The van der Waals surface area contributed by atoms with Gasteiger partial charge in [0.2, 0.25) is 5.91 Å². The van der Waals surface area contributed by atoms with Gasteiger partial charge in [-0.2, -0.15) is 0 Å². The molecule has 0 aromatic heterocycles. The lowest BCUT2D eigenvalue weighted by Crippen LogP contribution is -2.41. The van der Waals surface area contributed by atoms with Crippen molar-refractivity contribution >= 4 is 45.8 Å². The summed E-state index contributed by atoms with van der Waals surface area (Å²) in [7, 11) is 0. The van der Waals surface area contributed by atoms with Gasteiger partial charge in [-0.1, -0.05) is 25.4 Å². The molecule has 0 spiro atoms. The number of carbonyl (C=O) groups is 1. The summed E-state index contributed by atoms with van der Waals surface area (Å²) >= 11 is 8.28. The minimum absolute atomic E-state index is 0.0573. The zero-order valence-corrected chi connectivity index (χ0v) is 13.5. The smallest absolute Gasteiger partial charge is 0.231 e. The highest BCUT2D eigenvalue weighted by Crippen LogP contribution is 2.29. The van der Waals surface area contributed by atoms with E-state index in [2.05, 4.69) is 27.9 Å². The number of rotatable bonds is 5. The first-order valence-electron chi connectivity index (χ1n) is 5.95. The van der Waals surface area contributed by atoms with Crippen LogP contribution in [0.25, 0.3) is 0 Å². The van der Waals surface area contributed by atoms with Crippen LogP contribution in [-0.4, -0.2) is 12.5 Å². The molecule has 1 aromatic carbocycles. The molecule has 18 heavy (non-hydrogen) atoms. The summed E-state index contributed by atoms with van der Waals surface area (Å²) in [5.74, 6) is -0.0573. The molecule has 0 radical (unpaired) electrons. The third kappa shape index (κ3) is 3.36. The van der Waals surface area contributed by atoms with Gasteiger partial charge in [-0.05, 0) is 53.6 Å². The monoisotopic (exact) mass is 380 g/mol. The second-order valence-corrected chi connectivity index (χ2v) is 5.92. The van der Waals surface area contributed by atoms with Crippen LogP contribution in [0, 0.1) is 8.99 Å². The van der Waals surface area contributed by atoms with Crippen molar-refractivity contribution in [2.45, 2.75) is 26.7 Å². The number of nitrogens with one attached hydrogen (secondary N) is 1. The number of amides is 1. The molecule has 3 nitrogen and oxygen atoms in total. The van der Waals surface area contributed by atoms with Crippen molar-refractivity contribution < 1.29 is 4.79 Å². The predicted octanol–water partition coefficient (Wildman–Crippen LogP) is 3.65. The summed E-state index contributed by atoms with van der Waals surface area (Å²) in [6.45, 7) is 4.30. The van der Waals surface area contributed by atoms with E-state index in [9.17, 15) is 4.79 Å². The fourth-order valence-corrected chi connectivity index (χ4v) is 2.70. The molecule has 0 atom stereocenters. The molecule has 100 valence electrons. The van der Waals surface area contributed by atoms with Gasteiger partial charge in [0.25, 0.3) is 0 Å². The molecule has 0 aliphatic carbocycles. The standard InChI is InChI=1S/C13H18ClIN2O/c1-3-13(4-2,8-16)12(18)17-11-6-5-9(15)7-10(11)14/h5-7H,3-4,8,16H2,1-2H3,(H,17,18). The molecule has 0 saturated carbocycles. The number of nitrogens with two attached hydrogens (primary N) is 1. The Balaban J connectivity index is 2.93. The second-order valence-electron chi connectivity index (χ2n) is 4.27. The average molecular weight is 381 g/mol. The number of hydrogen-bond acceptors (Lipinski definition) is 2. The number of carbonyl (C=O) groups excluding carboxylic acids is 1. The van der Waals surface area contributed by atoms with Gasteiger partial charge in [-0.25, -0.2) is 0 Å². The lowest BCUT2D eigenvalue weighted by Gasteiger charge is -2.28. The van der Waals surface area contributed by atoms with Crippen LogP contribution in [0.15, 0.2) is 18.2 Å². The van der Waals surface area contributed by atoms with Gasteiger partial charge in [0.05, 0.1) is 16.1 Å². The SMILES string of the molecule is CCC(CC)(CN)C(=O)Nc1ccc(I)cc1Cl. The Morgan fingerprint density at radius 2 is 2.06 bits per heavy atom. The average Bonchev–Trinajstić information content (AvgIpc) is 2.36. The lowest BCUT2D eigenvalue weighted by atomic mass is 9.81. The van der Waals surface area contributed by atoms with E-state index in [1.807, 2.05) is 32.0 Å².